The fourth-order valence-electron chi connectivity index (χ4n) is 2.59. The molecule has 0 bridgehead atoms. The van der Waals surface area contributed by atoms with Gasteiger partial charge in [0.15, 0.2) is 0 Å². The van der Waals surface area contributed by atoms with Gasteiger partial charge in [-0.05, 0) is 30.5 Å². The predicted molar refractivity (Wildman–Crippen MR) is 79.8 cm³/mol. The van der Waals surface area contributed by atoms with E-state index in [0.29, 0.717) is 23.6 Å². The lowest BCUT2D eigenvalue weighted by Crippen LogP contribution is -2.45. The largest absolute Gasteiger partial charge is 0.388 e. The topological polar surface area (TPSA) is 69.6 Å². The summed E-state index contributed by atoms with van der Waals surface area (Å²) in [4.78, 5) is 25.6. The third-order valence-corrected chi connectivity index (χ3v) is 4.00. The molecular formula is C15H19ClN2O3. The summed E-state index contributed by atoms with van der Waals surface area (Å²) in [6.45, 7) is 0.560. The Hall–Kier alpha value is -1.59. The van der Waals surface area contributed by atoms with Gasteiger partial charge in [-0.15, -0.1) is 0 Å². The van der Waals surface area contributed by atoms with Crippen LogP contribution in [0.15, 0.2) is 24.3 Å². The third-order valence-electron chi connectivity index (χ3n) is 3.74. The number of amides is 2. The second-order valence-corrected chi connectivity index (χ2v) is 5.57. The van der Waals surface area contributed by atoms with Crippen LogP contribution in [0.5, 0.6) is 0 Å². The number of rotatable bonds is 4. The first-order valence-electron chi connectivity index (χ1n) is 6.97. The molecular weight excluding hydrogens is 292 g/mol. The molecule has 1 heterocycles. The van der Waals surface area contributed by atoms with Gasteiger partial charge in [-0.3, -0.25) is 9.59 Å². The summed E-state index contributed by atoms with van der Waals surface area (Å²) in [5.41, 5.74) is 0.642. The number of halogens is 1. The van der Waals surface area contributed by atoms with E-state index in [0.717, 1.165) is 6.42 Å². The van der Waals surface area contributed by atoms with Crippen molar-refractivity contribution in [2.75, 3.05) is 13.6 Å². The summed E-state index contributed by atoms with van der Waals surface area (Å²) in [5, 5.41) is 13.3. The van der Waals surface area contributed by atoms with Crippen LogP contribution in [0, 0.1) is 0 Å². The van der Waals surface area contributed by atoms with Crippen LogP contribution in [0.1, 0.15) is 30.9 Å². The Bertz CT molecular complexity index is 518. The van der Waals surface area contributed by atoms with Crippen LogP contribution in [0.4, 0.5) is 0 Å². The van der Waals surface area contributed by atoms with E-state index in [9.17, 15) is 14.7 Å². The minimum atomic E-state index is -0.888. The molecule has 21 heavy (non-hydrogen) atoms. The first-order chi connectivity index (χ1) is 10.0. The van der Waals surface area contributed by atoms with Gasteiger partial charge >= 0.3 is 0 Å². The minimum absolute atomic E-state index is 0.0326. The van der Waals surface area contributed by atoms with E-state index in [1.807, 2.05) is 0 Å². The predicted octanol–water partition coefficient (Wildman–Crippen LogP) is 1.50. The van der Waals surface area contributed by atoms with Gasteiger partial charge in [0.2, 0.25) is 11.8 Å². The van der Waals surface area contributed by atoms with Gasteiger partial charge in [0.1, 0.15) is 6.04 Å². The van der Waals surface area contributed by atoms with E-state index in [1.54, 1.807) is 36.2 Å². The second kappa shape index (κ2) is 6.91. The molecule has 2 atom stereocenters. The molecule has 0 aromatic heterocycles. The molecule has 1 aromatic rings. The van der Waals surface area contributed by atoms with E-state index >= 15 is 0 Å². The highest BCUT2D eigenvalue weighted by atomic mass is 35.5. The maximum atomic E-state index is 12.3. The number of aliphatic hydroxyl groups is 1. The number of benzene rings is 1. The molecule has 0 saturated carbocycles. The van der Waals surface area contributed by atoms with Crippen LogP contribution < -0.4 is 5.32 Å². The lowest BCUT2D eigenvalue weighted by atomic mass is 10.1. The number of likely N-dealkylation sites (tertiary alicyclic amines) is 1. The third kappa shape index (κ3) is 3.74. The number of nitrogens with zero attached hydrogens (tertiary/aromatic N) is 1. The number of carbonyl (C=O) groups excluding carboxylic acids is 2. The number of aliphatic hydroxyl groups excluding tert-OH is 1. The zero-order valence-electron chi connectivity index (χ0n) is 11.9. The molecule has 1 aromatic carbocycles. The van der Waals surface area contributed by atoms with Crippen LogP contribution in [0.2, 0.25) is 5.02 Å². The van der Waals surface area contributed by atoms with Crippen LogP contribution in [-0.4, -0.2) is 41.5 Å². The van der Waals surface area contributed by atoms with Gasteiger partial charge in [-0.1, -0.05) is 23.7 Å². The van der Waals surface area contributed by atoms with Gasteiger partial charge < -0.3 is 15.3 Å². The van der Waals surface area contributed by atoms with Crippen molar-refractivity contribution in [3.05, 3.63) is 34.9 Å². The molecule has 114 valence electrons. The standard InChI is InChI=1S/C15H19ClN2O3/c1-17-15(21)12-3-2-8-18(12)14(20)9-13(19)10-4-6-11(16)7-5-10/h4-7,12-13,19H,2-3,8-9H2,1H3,(H,17,21). The quantitative estimate of drug-likeness (QED) is 0.885. The molecule has 1 aliphatic heterocycles. The maximum Gasteiger partial charge on any atom is 0.242 e. The van der Waals surface area contributed by atoms with Crippen molar-refractivity contribution in [1.82, 2.24) is 10.2 Å². The van der Waals surface area contributed by atoms with Crippen molar-refractivity contribution >= 4 is 23.4 Å². The Kier molecular flexibility index (Phi) is 5.20. The van der Waals surface area contributed by atoms with Crippen molar-refractivity contribution in [2.24, 2.45) is 0 Å². The molecule has 1 aliphatic rings. The Balaban J connectivity index is 2.00. The average Bonchev–Trinajstić information content (AvgIpc) is 2.96. The number of hydrogen-bond acceptors (Lipinski definition) is 3. The number of hydrogen-bond donors (Lipinski definition) is 2. The molecule has 0 aliphatic carbocycles. The fourth-order valence-corrected chi connectivity index (χ4v) is 2.72. The highest BCUT2D eigenvalue weighted by Crippen LogP contribution is 2.23. The lowest BCUT2D eigenvalue weighted by Gasteiger charge is -2.24. The maximum absolute atomic E-state index is 12.3. The zero-order valence-corrected chi connectivity index (χ0v) is 12.6. The second-order valence-electron chi connectivity index (χ2n) is 5.13. The van der Waals surface area contributed by atoms with Crippen molar-refractivity contribution in [1.29, 1.82) is 0 Å². The highest BCUT2D eigenvalue weighted by Gasteiger charge is 2.34. The molecule has 1 saturated heterocycles. The van der Waals surface area contributed by atoms with Crippen LogP contribution in [0.25, 0.3) is 0 Å². The van der Waals surface area contributed by atoms with Crippen molar-refractivity contribution < 1.29 is 14.7 Å². The Morgan fingerprint density at radius 2 is 2.10 bits per heavy atom. The average molecular weight is 311 g/mol. The minimum Gasteiger partial charge on any atom is -0.388 e. The molecule has 0 spiro atoms. The van der Waals surface area contributed by atoms with E-state index in [-0.39, 0.29) is 18.2 Å². The fraction of sp³-hybridized carbons (Fsp3) is 0.467. The van der Waals surface area contributed by atoms with Gasteiger partial charge in [0.05, 0.1) is 12.5 Å². The van der Waals surface area contributed by atoms with Gasteiger partial charge in [0, 0.05) is 18.6 Å². The molecule has 0 radical (unpaired) electrons. The molecule has 2 N–H and O–H groups in total. The zero-order chi connectivity index (χ0) is 15.4. The molecule has 5 nitrogen and oxygen atoms in total. The molecule has 1 fully saturated rings. The van der Waals surface area contributed by atoms with Crippen LogP contribution >= 0.6 is 11.6 Å². The van der Waals surface area contributed by atoms with Gasteiger partial charge in [-0.25, -0.2) is 0 Å². The number of likely N-dealkylation sites (N-methyl/N-ethyl adjacent to an activating group) is 1. The number of carbonyl (C=O) groups is 2. The van der Waals surface area contributed by atoms with E-state index in [2.05, 4.69) is 5.32 Å². The summed E-state index contributed by atoms with van der Waals surface area (Å²) in [6.07, 6.45) is 0.555. The van der Waals surface area contributed by atoms with Crippen LogP contribution in [-0.2, 0) is 9.59 Å². The SMILES string of the molecule is CNC(=O)C1CCCN1C(=O)CC(O)c1ccc(Cl)cc1. The molecule has 2 rings (SSSR count). The van der Waals surface area contributed by atoms with E-state index in [1.165, 1.54) is 0 Å². The van der Waals surface area contributed by atoms with Gasteiger partial charge in [0.25, 0.3) is 0 Å². The Morgan fingerprint density at radius 3 is 2.71 bits per heavy atom. The summed E-state index contributed by atoms with van der Waals surface area (Å²) in [7, 11) is 1.56. The number of nitrogens with one attached hydrogen (secondary N) is 1. The lowest BCUT2D eigenvalue weighted by molar-refractivity contribution is -0.139. The van der Waals surface area contributed by atoms with Gasteiger partial charge in [-0.2, -0.15) is 0 Å². The Morgan fingerprint density at radius 1 is 1.43 bits per heavy atom. The normalized spacial score (nSPS) is 19.4. The first kappa shape index (κ1) is 15.8. The summed E-state index contributed by atoms with van der Waals surface area (Å²) >= 11 is 5.79. The van der Waals surface area contributed by atoms with Crippen molar-refractivity contribution in [3.63, 3.8) is 0 Å². The summed E-state index contributed by atoms with van der Waals surface area (Å²) in [6, 6.07) is 6.32. The Labute approximate surface area is 128 Å². The highest BCUT2D eigenvalue weighted by molar-refractivity contribution is 6.30. The van der Waals surface area contributed by atoms with Crippen molar-refractivity contribution in [2.45, 2.75) is 31.4 Å². The summed E-state index contributed by atoms with van der Waals surface area (Å²) < 4.78 is 0. The smallest absolute Gasteiger partial charge is 0.242 e. The molecule has 6 heteroatoms. The van der Waals surface area contributed by atoms with Crippen LogP contribution in [0.3, 0.4) is 0 Å². The van der Waals surface area contributed by atoms with Crippen molar-refractivity contribution in [3.8, 4) is 0 Å². The summed E-state index contributed by atoms with van der Waals surface area (Å²) in [5.74, 6) is -0.356. The molecule has 2 amide bonds. The molecule has 2 unspecified atom stereocenters. The first-order valence-corrected chi connectivity index (χ1v) is 7.35. The van der Waals surface area contributed by atoms with E-state index in [4.69, 9.17) is 11.6 Å². The van der Waals surface area contributed by atoms with E-state index < -0.39 is 12.1 Å². The monoisotopic (exact) mass is 310 g/mol.